The summed E-state index contributed by atoms with van der Waals surface area (Å²) in [4.78, 5) is 9.23. The van der Waals surface area contributed by atoms with E-state index >= 15 is 0 Å². The average Bonchev–Trinajstić information content (AvgIpc) is 3.30. The van der Waals surface area contributed by atoms with Crippen LogP contribution in [0.15, 0.2) is 45.5 Å². The van der Waals surface area contributed by atoms with Gasteiger partial charge in [-0.05, 0) is 43.2 Å². The van der Waals surface area contributed by atoms with Gasteiger partial charge >= 0.3 is 0 Å². The highest BCUT2D eigenvalue weighted by Crippen LogP contribution is 2.24. The second kappa shape index (κ2) is 6.72. The molecule has 1 aliphatic heterocycles. The summed E-state index contributed by atoms with van der Waals surface area (Å²) in [5.74, 6) is 1.77. The first-order chi connectivity index (χ1) is 12.2. The van der Waals surface area contributed by atoms with Gasteiger partial charge in [0.2, 0.25) is 11.7 Å². The molecule has 0 spiro atoms. The van der Waals surface area contributed by atoms with Gasteiger partial charge in [0.05, 0.1) is 12.8 Å². The average molecular weight is 338 g/mol. The molecule has 0 atom stereocenters. The molecule has 0 radical (unpaired) electrons. The van der Waals surface area contributed by atoms with Gasteiger partial charge in [0.1, 0.15) is 0 Å². The van der Waals surface area contributed by atoms with Crippen molar-refractivity contribution in [2.75, 3.05) is 31.1 Å². The summed E-state index contributed by atoms with van der Waals surface area (Å²) in [5.41, 5.74) is 4.06. The highest BCUT2D eigenvalue weighted by molar-refractivity contribution is 5.56. The van der Waals surface area contributed by atoms with Gasteiger partial charge in [-0.15, -0.1) is 0 Å². The predicted molar refractivity (Wildman–Crippen MR) is 95.4 cm³/mol. The number of aromatic nitrogens is 2. The van der Waals surface area contributed by atoms with Crippen LogP contribution in [0.5, 0.6) is 0 Å². The van der Waals surface area contributed by atoms with Gasteiger partial charge in [0.25, 0.3) is 0 Å². The minimum absolute atomic E-state index is 0.508. The third-order valence-electron chi connectivity index (χ3n) is 4.86. The lowest BCUT2D eigenvalue weighted by Crippen LogP contribution is -2.46. The van der Waals surface area contributed by atoms with E-state index in [1.807, 2.05) is 12.1 Å². The van der Waals surface area contributed by atoms with Crippen LogP contribution < -0.4 is 4.90 Å². The van der Waals surface area contributed by atoms with Crippen molar-refractivity contribution in [3.8, 4) is 11.6 Å². The Bertz CT molecular complexity index is 833. The van der Waals surface area contributed by atoms with Gasteiger partial charge in [0, 0.05) is 31.9 Å². The monoisotopic (exact) mass is 338 g/mol. The van der Waals surface area contributed by atoms with Gasteiger partial charge in [-0.3, -0.25) is 4.90 Å². The van der Waals surface area contributed by atoms with E-state index in [9.17, 15) is 0 Å². The molecule has 0 saturated carbocycles. The second-order valence-electron chi connectivity index (χ2n) is 6.47. The summed E-state index contributed by atoms with van der Waals surface area (Å²) < 4.78 is 10.7. The third-order valence-corrected chi connectivity index (χ3v) is 4.86. The van der Waals surface area contributed by atoms with Gasteiger partial charge in [-0.25, -0.2) is 0 Å². The number of hydrogen-bond donors (Lipinski definition) is 0. The number of aryl methyl sites for hydroxylation is 1. The molecular weight excluding hydrogens is 316 g/mol. The SMILES string of the molecule is Cc1cccc(N2CCN(Cc3nc(-c4ccco4)no3)CC2)c1C. The van der Waals surface area contributed by atoms with Crippen LogP contribution in [-0.2, 0) is 6.54 Å². The van der Waals surface area contributed by atoms with E-state index in [2.05, 4.69) is 52.0 Å². The number of benzene rings is 1. The molecule has 1 saturated heterocycles. The first-order valence-corrected chi connectivity index (χ1v) is 8.61. The smallest absolute Gasteiger partial charge is 0.241 e. The van der Waals surface area contributed by atoms with Crippen LogP contribution in [0.2, 0.25) is 0 Å². The third kappa shape index (κ3) is 3.30. The number of piperazine rings is 1. The van der Waals surface area contributed by atoms with Crippen molar-refractivity contribution in [2.45, 2.75) is 20.4 Å². The number of furan rings is 1. The van der Waals surface area contributed by atoms with E-state index in [1.54, 1.807) is 6.26 Å². The minimum atomic E-state index is 0.508. The number of rotatable bonds is 4. The standard InChI is InChI=1S/C19H22N4O2/c1-14-5-3-6-16(15(14)2)23-10-8-22(9-11-23)13-18-20-19(21-25-18)17-7-4-12-24-17/h3-7,12H,8-11,13H2,1-2H3. The Balaban J connectivity index is 1.37. The van der Waals surface area contributed by atoms with Crippen LogP contribution in [0.4, 0.5) is 5.69 Å². The maximum atomic E-state index is 5.36. The van der Waals surface area contributed by atoms with Crippen LogP contribution in [0.25, 0.3) is 11.6 Å². The van der Waals surface area contributed by atoms with Gasteiger partial charge in [0.15, 0.2) is 5.76 Å². The summed E-state index contributed by atoms with van der Waals surface area (Å²) in [6, 6.07) is 10.2. The quantitative estimate of drug-likeness (QED) is 0.728. The van der Waals surface area contributed by atoms with E-state index in [4.69, 9.17) is 8.94 Å². The Morgan fingerprint density at radius 1 is 1.04 bits per heavy atom. The maximum Gasteiger partial charge on any atom is 0.241 e. The molecule has 1 fully saturated rings. The molecule has 130 valence electrons. The largest absolute Gasteiger partial charge is 0.461 e. The van der Waals surface area contributed by atoms with Crippen LogP contribution in [0.3, 0.4) is 0 Å². The van der Waals surface area contributed by atoms with Crippen LogP contribution >= 0.6 is 0 Å². The molecule has 0 unspecified atom stereocenters. The molecule has 0 N–H and O–H groups in total. The Kier molecular flexibility index (Phi) is 4.28. The molecule has 1 aliphatic rings. The zero-order chi connectivity index (χ0) is 17.2. The molecule has 2 aromatic heterocycles. The first-order valence-electron chi connectivity index (χ1n) is 8.61. The Labute approximate surface area is 147 Å². The molecule has 0 bridgehead atoms. The molecule has 6 nitrogen and oxygen atoms in total. The van der Waals surface area contributed by atoms with Crippen molar-refractivity contribution in [1.82, 2.24) is 15.0 Å². The van der Waals surface area contributed by atoms with E-state index in [0.29, 0.717) is 24.0 Å². The number of nitrogens with zero attached hydrogens (tertiary/aromatic N) is 4. The Hall–Kier alpha value is -2.60. The highest BCUT2D eigenvalue weighted by Gasteiger charge is 2.21. The lowest BCUT2D eigenvalue weighted by molar-refractivity contribution is 0.215. The molecule has 0 aliphatic carbocycles. The highest BCUT2D eigenvalue weighted by atomic mass is 16.5. The Morgan fingerprint density at radius 2 is 1.88 bits per heavy atom. The second-order valence-corrected chi connectivity index (χ2v) is 6.47. The summed E-state index contributed by atoms with van der Waals surface area (Å²) in [7, 11) is 0. The van der Waals surface area contributed by atoms with Crippen molar-refractivity contribution < 1.29 is 8.94 Å². The topological polar surface area (TPSA) is 58.5 Å². The number of hydrogen-bond acceptors (Lipinski definition) is 6. The van der Waals surface area contributed by atoms with Gasteiger partial charge < -0.3 is 13.8 Å². The first kappa shape index (κ1) is 15.9. The van der Waals surface area contributed by atoms with Crippen molar-refractivity contribution >= 4 is 5.69 Å². The van der Waals surface area contributed by atoms with E-state index < -0.39 is 0 Å². The normalized spacial score (nSPS) is 15.7. The summed E-state index contributed by atoms with van der Waals surface area (Å²) in [5, 5.41) is 3.99. The molecular formula is C19H22N4O2. The molecule has 3 heterocycles. The summed E-state index contributed by atoms with van der Waals surface area (Å²) in [6.07, 6.45) is 1.61. The van der Waals surface area contributed by atoms with Crippen molar-refractivity contribution in [3.05, 3.63) is 53.6 Å². The molecule has 25 heavy (non-hydrogen) atoms. The zero-order valence-electron chi connectivity index (χ0n) is 14.6. The fraction of sp³-hybridized carbons (Fsp3) is 0.368. The summed E-state index contributed by atoms with van der Waals surface area (Å²) in [6.45, 7) is 9.01. The predicted octanol–water partition coefficient (Wildman–Crippen LogP) is 3.27. The van der Waals surface area contributed by atoms with Crippen LogP contribution in [0, 0.1) is 13.8 Å². The molecule has 3 aromatic rings. The molecule has 1 aromatic carbocycles. The lowest BCUT2D eigenvalue weighted by atomic mass is 10.1. The van der Waals surface area contributed by atoms with E-state index in [1.165, 1.54) is 16.8 Å². The van der Waals surface area contributed by atoms with Gasteiger partial charge in [-0.1, -0.05) is 17.3 Å². The molecule has 0 amide bonds. The van der Waals surface area contributed by atoms with Crippen molar-refractivity contribution in [2.24, 2.45) is 0 Å². The summed E-state index contributed by atoms with van der Waals surface area (Å²) >= 11 is 0. The maximum absolute atomic E-state index is 5.36. The fourth-order valence-electron chi connectivity index (χ4n) is 3.24. The van der Waals surface area contributed by atoms with E-state index in [0.717, 1.165) is 26.2 Å². The molecule has 4 rings (SSSR count). The Morgan fingerprint density at radius 3 is 2.64 bits per heavy atom. The minimum Gasteiger partial charge on any atom is -0.461 e. The van der Waals surface area contributed by atoms with Crippen molar-refractivity contribution in [3.63, 3.8) is 0 Å². The van der Waals surface area contributed by atoms with Crippen LogP contribution in [0.1, 0.15) is 17.0 Å². The van der Waals surface area contributed by atoms with Crippen LogP contribution in [-0.4, -0.2) is 41.2 Å². The fourth-order valence-corrected chi connectivity index (χ4v) is 3.24. The van der Waals surface area contributed by atoms with Gasteiger partial charge in [-0.2, -0.15) is 4.98 Å². The number of anilines is 1. The zero-order valence-corrected chi connectivity index (χ0v) is 14.6. The lowest BCUT2D eigenvalue weighted by Gasteiger charge is -2.36. The van der Waals surface area contributed by atoms with E-state index in [-0.39, 0.29) is 0 Å². The van der Waals surface area contributed by atoms with Crippen molar-refractivity contribution in [1.29, 1.82) is 0 Å². The molecule has 6 heteroatoms.